The van der Waals surface area contributed by atoms with Gasteiger partial charge in [0.15, 0.2) is 6.10 Å². The Hall–Kier alpha value is -1.43. The number of hydrogen-bond donors (Lipinski definition) is 2. The number of aliphatic hydroxyl groups is 1. The summed E-state index contributed by atoms with van der Waals surface area (Å²) in [6.45, 7) is 2.61. The molecule has 5 nitrogen and oxygen atoms in total. The third kappa shape index (κ3) is 3.85. The average Bonchev–Trinajstić information content (AvgIpc) is 2.54. The molecule has 1 atom stereocenters. The molecule has 1 aromatic rings. The number of likely N-dealkylation sites (N-methyl/N-ethyl adjacent to an activating group) is 1. The fourth-order valence-corrected chi connectivity index (χ4v) is 2.95. The van der Waals surface area contributed by atoms with Crippen LogP contribution in [0, 0.1) is 0 Å². The highest BCUT2D eigenvalue weighted by molar-refractivity contribution is 5.81. The van der Waals surface area contributed by atoms with Crippen molar-refractivity contribution in [1.82, 2.24) is 15.1 Å². The van der Waals surface area contributed by atoms with Gasteiger partial charge in [0.1, 0.15) is 0 Å². The number of benzene rings is 1. The number of likely N-dealkylation sites (tertiary alicyclic amines) is 1. The molecular weight excluding hydrogens is 278 g/mol. The number of carbonyl (C=O) groups excluding carboxylic acids is 1. The van der Waals surface area contributed by atoms with Gasteiger partial charge in [-0.3, -0.25) is 4.79 Å². The fourth-order valence-electron chi connectivity index (χ4n) is 2.95. The zero-order chi connectivity index (χ0) is 16.2. The molecule has 1 saturated heterocycles. The second kappa shape index (κ2) is 7.22. The molecule has 0 aromatic heterocycles. The smallest absolute Gasteiger partial charge is 0.253 e. The van der Waals surface area contributed by atoms with Gasteiger partial charge in [0, 0.05) is 12.1 Å². The molecular formula is C17H27N3O2. The summed E-state index contributed by atoms with van der Waals surface area (Å²) in [5.41, 5.74) is 0.598. The molecule has 2 rings (SSSR count). The molecule has 0 aliphatic carbocycles. The minimum atomic E-state index is -1.10. The van der Waals surface area contributed by atoms with Crippen LogP contribution in [0.15, 0.2) is 30.3 Å². The first kappa shape index (κ1) is 16.9. The molecule has 1 aliphatic rings. The van der Waals surface area contributed by atoms with Gasteiger partial charge in [-0.05, 0) is 52.6 Å². The number of amides is 1. The zero-order valence-corrected chi connectivity index (χ0v) is 13.7. The van der Waals surface area contributed by atoms with E-state index in [0.29, 0.717) is 12.1 Å². The Morgan fingerprint density at radius 3 is 2.45 bits per heavy atom. The van der Waals surface area contributed by atoms with Gasteiger partial charge in [-0.2, -0.15) is 0 Å². The highest BCUT2D eigenvalue weighted by Gasteiger charge is 2.36. The standard InChI is InChI=1S/C17H27N3O2/c1-19(2)17(9-11-20(3)12-10-17)13-18-16(22)15(21)14-7-5-4-6-8-14/h4-8,15,21H,9-13H2,1-3H3,(H,18,22)/t15-/m1/s1. The van der Waals surface area contributed by atoms with Crippen molar-refractivity contribution in [1.29, 1.82) is 0 Å². The van der Waals surface area contributed by atoms with E-state index in [4.69, 9.17) is 0 Å². The molecule has 0 radical (unpaired) electrons. The van der Waals surface area contributed by atoms with Gasteiger partial charge in [0.05, 0.1) is 0 Å². The van der Waals surface area contributed by atoms with E-state index in [0.717, 1.165) is 25.9 Å². The van der Waals surface area contributed by atoms with E-state index in [-0.39, 0.29) is 11.4 Å². The van der Waals surface area contributed by atoms with Crippen LogP contribution in [0.3, 0.4) is 0 Å². The SMILES string of the molecule is CN1CCC(CNC(=O)[C@H](O)c2ccccc2)(N(C)C)CC1. The molecule has 5 heteroatoms. The third-order valence-corrected chi connectivity index (χ3v) is 4.82. The number of rotatable bonds is 5. The van der Waals surface area contributed by atoms with Crippen LogP contribution in [0.4, 0.5) is 0 Å². The molecule has 2 N–H and O–H groups in total. The predicted octanol–water partition coefficient (Wildman–Crippen LogP) is 0.862. The number of aliphatic hydroxyl groups excluding tert-OH is 1. The maximum atomic E-state index is 12.2. The molecule has 0 saturated carbocycles. The molecule has 0 spiro atoms. The third-order valence-electron chi connectivity index (χ3n) is 4.82. The van der Waals surface area contributed by atoms with E-state index < -0.39 is 6.10 Å². The summed E-state index contributed by atoms with van der Waals surface area (Å²) in [5, 5.41) is 13.1. The van der Waals surface area contributed by atoms with Crippen LogP contribution in [0.25, 0.3) is 0 Å². The number of piperidine rings is 1. The molecule has 1 amide bonds. The van der Waals surface area contributed by atoms with Crippen LogP contribution in [-0.2, 0) is 4.79 Å². The number of nitrogens with zero attached hydrogens (tertiary/aromatic N) is 2. The second-order valence-corrected chi connectivity index (χ2v) is 6.45. The minimum absolute atomic E-state index is 0.0292. The lowest BCUT2D eigenvalue weighted by Gasteiger charge is -2.45. The van der Waals surface area contributed by atoms with Crippen molar-refractivity contribution in [2.75, 3.05) is 40.8 Å². The molecule has 0 bridgehead atoms. The normalized spacial score (nSPS) is 19.9. The maximum absolute atomic E-state index is 12.2. The summed E-state index contributed by atoms with van der Waals surface area (Å²) in [7, 11) is 6.24. The molecule has 1 aliphatic heterocycles. The quantitative estimate of drug-likeness (QED) is 0.847. The van der Waals surface area contributed by atoms with Gasteiger partial charge in [-0.15, -0.1) is 0 Å². The number of carbonyl (C=O) groups is 1. The summed E-state index contributed by atoms with van der Waals surface area (Å²) in [6.07, 6.45) is 0.919. The van der Waals surface area contributed by atoms with Crippen LogP contribution in [0.2, 0.25) is 0 Å². The molecule has 1 aromatic carbocycles. The van der Waals surface area contributed by atoms with Crippen LogP contribution >= 0.6 is 0 Å². The fraction of sp³-hybridized carbons (Fsp3) is 0.588. The highest BCUT2D eigenvalue weighted by atomic mass is 16.3. The summed E-state index contributed by atoms with van der Waals surface area (Å²) >= 11 is 0. The van der Waals surface area contributed by atoms with Crippen molar-refractivity contribution in [2.45, 2.75) is 24.5 Å². The van der Waals surface area contributed by atoms with Gasteiger partial charge in [0.2, 0.25) is 0 Å². The number of hydrogen-bond acceptors (Lipinski definition) is 4. The van der Waals surface area contributed by atoms with Crippen molar-refractivity contribution in [3.05, 3.63) is 35.9 Å². The zero-order valence-electron chi connectivity index (χ0n) is 13.7. The largest absolute Gasteiger partial charge is 0.378 e. The number of nitrogens with one attached hydrogen (secondary N) is 1. The molecule has 1 heterocycles. The summed E-state index contributed by atoms with van der Waals surface area (Å²) in [4.78, 5) is 16.7. The van der Waals surface area contributed by atoms with E-state index in [1.165, 1.54) is 0 Å². The predicted molar refractivity (Wildman–Crippen MR) is 87.6 cm³/mol. The van der Waals surface area contributed by atoms with Crippen LogP contribution < -0.4 is 5.32 Å². The van der Waals surface area contributed by atoms with Crippen LogP contribution in [-0.4, -0.2) is 67.1 Å². The van der Waals surface area contributed by atoms with Crippen molar-refractivity contribution in [2.24, 2.45) is 0 Å². The van der Waals surface area contributed by atoms with Crippen molar-refractivity contribution in [3.63, 3.8) is 0 Å². The van der Waals surface area contributed by atoms with Crippen molar-refractivity contribution >= 4 is 5.91 Å². The van der Waals surface area contributed by atoms with E-state index in [1.54, 1.807) is 12.1 Å². The van der Waals surface area contributed by atoms with Crippen LogP contribution in [0.5, 0.6) is 0 Å². The maximum Gasteiger partial charge on any atom is 0.253 e. The summed E-state index contributed by atoms with van der Waals surface area (Å²) in [6, 6.07) is 9.05. The monoisotopic (exact) mass is 305 g/mol. The summed E-state index contributed by atoms with van der Waals surface area (Å²) < 4.78 is 0. The topological polar surface area (TPSA) is 55.8 Å². The first-order valence-corrected chi connectivity index (χ1v) is 7.81. The van der Waals surface area contributed by atoms with Gasteiger partial charge < -0.3 is 20.2 Å². The van der Waals surface area contributed by atoms with Crippen molar-refractivity contribution < 1.29 is 9.90 Å². The van der Waals surface area contributed by atoms with E-state index in [9.17, 15) is 9.90 Å². The Kier molecular flexibility index (Phi) is 5.56. The van der Waals surface area contributed by atoms with Crippen LogP contribution in [0.1, 0.15) is 24.5 Å². The molecule has 0 unspecified atom stereocenters. The Balaban J connectivity index is 1.96. The van der Waals surface area contributed by atoms with E-state index in [2.05, 4.69) is 36.3 Å². The molecule has 1 fully saturated rings. The van der Waals surface area contributed by atoms with Gasteiger partial charge in [0.25, 0.3) is 5.91 Å². The van der Waals surface area contributed by atoms with E-state index in [1.807, 2.05) is 18.2 Å². The van der Waals surface area contributed by atoms with Crippen molar-refractivity contribution in [3.8, 4) is 0 Å². The lowest BCUT2D eigenvalue weighted by atomic mass is 9.86. The van der Waals surface area contributed by atoms with Gasteiger partial charge in [-0.25, -0.2) is 0 Å². The van der Waals surface area contributed by atoms with E-state index >= 15 is 0 Å². The lowest BCUT2D eigenvalue weighted by molar-refractivity contribution is -0.130. The Morgan fingerprint density at radius 1 is 1.32 bits per heavy atom. The Morgan fingerprint density at radius 2 is 1.91 bits per heavy atom. The Bertz CT molecular complexity index is 482. The molecule has 122 valence electrons. The lowest BCUT2D eigenvalue weighted by Crippen LogP contribution is -2.58. The van der Waals surface area contributed by atoms with Gasteiger partial charge in [-0.1, -0.05) is 30.3 Å². The first-order valence-electron chi connectivity index (χ1n) is 7.81. The minimum Gasteiger partial charge on any atom is -0.378 e. The second-order valence-electron chi connectivity index (χ2n) is 6.45. The van der Waals surface area contributed by atoms with Gasteiger partial charge >= 0.3 is 0 Å². The molecule has 22 heavy (non-hydrogen) atoms. The highest BCUT2D eigenvalue weighted by Crippen LogP contribution is 2.26. The Labute approximate surface area is 132 Å². The first-order chi connectivity index (χ1) is 10.4. The average molecular weight is 305 g/mol. The summed E-state index contributed by atoms with van der Waals surface area (Å²) in [5.74, 6) is -0.327.